The summed E-state index contributed by atoms with van der Waals surface area (Å²) >= 11 is 0. The number of amides is 2. The Morgan fingerprint density at radius 3 is 2.48 bits per heavy atom. The van der Waals surface area contributed by atoms with Crippen LogP contribution in [0, 0.1) is 0 Å². The van der Waals surface area contributed by atoms with Crippen molar-refractivity contribution >= 4 is 17.5 Å². The van der Waals surface area contributed by atoms with Gasteiger partial charge in [-0.05, 0) is 25.0 Å². The fraction of sp³-hybridized carbons (Fsp3) is 0.467. The molecule has 21 heavy (non-hydrogen) atoms. The minimum absolute atomic E-state index is 0.180. The summed E-state index contributed by atoms with van der Waals surface area (Å²) in [5.41, 5.74) is 0.535. The summed E-state index contributed by atoms with van der Waals surface area (Å²) in [4.78, 5) is 25.8. The van der Waals surface area contributed by atoms with Gasteiger partial charge in [0.15, 0.2) is 11.5 Å². The zero-order chi connectivity index (χ0) is 14.7. The molecule has 1 aromatic carbocycles. The molecular formula is C15H18N2O4. The molecular weight excluding hydrogens is 272 g/mol. The molecule has 1 fully saturated rings. The average Bonchev–Trinajstić information content (AvgIpc) is 2.78. The summed E-state index contributed by atoms with van der Waals surface area (Å²) in [5, 5.41) is 2.62. The lowest BCUT2D eigenvalue weighted by Crippen LogP contribution is -2.40. The summed E-state index contributed by atoms with van der Waals surface area (Å²) in [6, 6.07) is 5.07. The van der Waals surface area contributed by atoms with Crippen LogP contribution in [0.1, 0.15) is 25.7 Å². The molecule has 6 nitrogen and oxygen atoms in total. The fourth-order valence-corrected chi connectivity index (χ4v) is 2.58. The molecule has 2 amide bonds. The van der Waals surface area contributed by atoms with Gasteiger partial charge in [-0.3, -0.25) is 9.59 Å². The van der Waals surface area contributed by atoms with Crippen LogP contribution in [0.2, 0.25) is 0 Å². The molecule has 2 aliphatic heterocycles. The van der Waals surface area contributed by atoms with Crippen molar-refractivity contribution in [3.05, 3.63) is 18.2 Å². The molecule has 0 aromatic heterocycles. The standard InChI is InChI=1S/C15H18N2O4/c18-14(15(19)17-7-3-1-2-4-8-17)16-11-5-6-12-13(9-11)21-10-20-12/h5-6,9H,1-4,7-8,10H2,(H,16,18). The normalized spacial score (nSPS) is 17.2. The Bertz CT molecular complexity index is 551. The summed E-state index contributed by atoms with van der Waals surface area (Å²) in [6.07, 6.45) is 4.16. The van der Waals surface area contributed by atoms with Crippen molar-refractivity contribution in [1.82, 2.24) is 4.90 Å². The quantitative estimate of drug-likeness (QED) is 0.800. The molecule has 0 radical (unpaired) electrons. The van der Waals surface area contributed by atoms with Crippen LogP contribution in [0.3, 0.4) is 0 Å². The molecule has 0 atom stereocenters. The number of likely N-dealkylation sites (tertiary alicyclic amines) is 1. The van der Waals surface area contributed by atoms with Gasteiger partial charge in [0.25, 0.3) is 0 Å². The van der Waals surface area contributed by atoms with Gasteiger partial charge >= 0.3 is 11.8 Å². The number of hydrogen-bond donors (Lipinski definition) is 1. The highest BCUT2D eigenvalue weighted by Gasteiger charge is 2.23. The van der Waals surface area contributed by atoms with Gasteiger partial charge in [-0.15, -0.1) is 0 Å². The van der Waals surface area contributed by atoms with E-state index in [1.54, 1.807) is 23.1 Å². The maximum atomic E-state index is 12.1. The lowest BCUT2D eigenvalue weighted by molar-refractivity contribution is -0.143. The van der Waals surface area contributed by atoms with Gasteiger partial charge in [0.2, 0.25) is 6.79 Å². The zero-order valence-corrected chi connectivity index (χ0v) is 11.8. The van der Waals surface area contributed by atoms with Crippen LogP contribution < -0.4 is 14.8 Å². The van der Waals surface area contributed by atoms with Crippen molar-refractivity contribution in [3.8, 4) is 11.5 Å². The first-order chi connectivity index (χ1) is 10.2. The second-order valence-corrected chi connectivity index (χ2v) is 5.23. The first-order valence-corrected chi connectivity index (χ1v) is 7.24. The molecule has 0 spiro atoms. The first kappa shape index (κ1) is 13.7. The van der Waals surface area contributed by atoms with E-state index >= 15 is 0 Å². The Labute approximate surface area is 123 Å². The van der Waals surface area contributed by atoms with E-state index in [2.05, 4.69) is 5.32 Å². The summed E-state index contributed by atoms with van der Waals surface area (Å²) in [6.45, 7) is 1.50. The highest BCUT2D eigenvalue weighted by molar-refractivity contribution is 6.39. The number of carbonyl (C=O) groups is 2. The first-order valence-electron chi connectivity index (χ1n) is 7.24. The number of hydrogen-bond acceptors (Lipinski definition) is 4. The van der Waals surface area contributed by atoms with E-state index in [9.17, 15) is 9.59 Å². The van der Waals surface area contributed by atoms with E-state index in [0.717, 1.165) is 25.7 Å². The smallest absolute Gasteiger partial charge is 0.313 e. The molecule has 0 aliphatic carbocycles. The Kier molecular flexibility index (Phi) is 3.94. The minimum Gasteiger partial charge on any atom is -0.454 e. The molecule has 1 N–H and O–H groups in total. The van der Waals surface area contributed by atoms with Crippen LogP contribution >= 0.6 is 0 Å². The zero-order valence-electron chi connectivity index (χ0n) is 11.8. The van der Waals surface area contributed by atoms with Crippen molar-refractivity contribution in [2.45, 2.75) is 25.7 Å². The van der Waals surface area contributed by atoms with Crippen LogP contribution in [0.25, 0.3) is 0 Å². The summed E-state index contributed by atoms with van der Waals surface area (Å²) in [5.74, 6) is 0.159. The molecule has 112 valence electrons. The second kappa shape index (κ2) is 6.03. The van der Waals surface area contributed by atoms with Crippen molar-refractivity contribution < 1.29 is 19.1 Å². The minimum atomic E-state index is -0.601. The number of nitrogens with zero attached hydrogens (tertiary/aromatic N) is 1. The third-order valence-corrected chi connectivity index (χ3v) is 3.72. The lowest BCUT2D eigenvalue weighted by Gasteiger charge is -2.19. The van der Waals surface area contributed by atoms with Crippen LogP contribution in [0.15, 0.2) is 18.2 Å². The highest BCUT2D eigenvalue weighted by atomic mass is 16.7. The number of anilines is 1. The molecule has 6 heteroatoms. The molecule has 1 saturated heterocycles. The van der Waals surface area contributed by atoms with Crippen molar-refractivity contribution in [2.75, 3.05) is 25.2 Å². The van der Waals surface area contributed by atoms with Gasteiger partial charge in [0.05, 0.1) is 0 Å². The molecule has 2 aliphatic rings. The number of ether oxygens (including phenoxy) is 2. The SMILES string of the molecule is O=C(Nc1ccc2c(c1)OCO2)C(=O)N1CCCCCC1. The Morgan fingerprint density at radius 2 is 1.71 bits per heavy atom. The van der Waals surface area contributed by atoms with Gasteiger partial charge in [0, 0.05) is 24.8 Å². The Balaban J connectivity index is 1.64. The summed E-state index contributed by atoms with van der Waals surface area (Å²) < 4.78 is 10.4. The monoisotopic (exact) mass is 290 g/mol. The second-order valence-electron chi connectivity index (χ2n) is 5.23. The summed E-state index contributed by atoms with van der Waals surface area (Å²) in [7, 11) is 0. The lowest BCUT2D eigenvalue weighted by atomic mass is 10.2. The van der Waals surface area contributed by atoms with E-state index < -0.39 is 11.8 Å². The molecule has 0 bridgehead atoms. The van der Waals surface area contributed by atoms with Crippen LogP contribution in [-0.2, 0) is 9.59 Å². The maximum absolute atomic E-state index is 12.1. The molecule has 1 aromatic rings. The Hall–Kier alpha value is -2.24. The predicted octanol–water partition coefficient (Wildman–Crippen LogP) is 1.76. The van der Waals surface area contributed by atoms with Crippen molar-refractivity contribution in [1.29, 1.82) is 0 Å². The maximum Gasteiger partial charge on any atom is 0.313 e. The van der Waals surface area contributed by atoms with Gasteiger partial charge < -0.3 is 19.7 Å². The van der Waals surface area contributed by atoms with E-state index in [-0.39, 0.29) is 6.79 Å². The topological polar surface area (TPSA) is 67.9 Å². The van der Waals surface area contributed by atoms with E-state index in [0.29, 0.717) is 30.3 Å². The molecule has 0 saturated carbocycles. The van der Waals surface area contributed by atoms with E-state index in [4.69, 9.17) is 9.47 Å². The van der Waals surface area contributed by atoms with Gasteiger partial charge in [-0.1, -0.05) is 12.8 Å². The van der Waals surface area contributed by atoms with Crippen LogP contribution in [0.5, 0.6) is 11.5 Å². The van der Waals surface area contributed by atoms with Crippen molar-refractivity contribution in [2.24, 2.45) is 0 Å². The van der Waals surface area contributed by atoms with Crippen LogP contribution in [-0.4, -0.2) is 36.6 Å². The highest BCUT2D eigenvalue weighted by Crippen LogP contribution is 2.34. The number of benzene rings is 1. The van der Waals surface area contributed by atoms with Gasteiger partial charge in [0.1, 0.15) is 0 Å². The van der Waals surface area contributed by atoms with Gasteiger partial charge in [-0.2, -0.15) is 0 Å². The predicted molar refractivity (Wildman–Crippen MR) is 76.2 cm³/mol. The molecule has 2 heterocycles. The number of carbonyl (C=O) groups excluding carboxylic acids is 2. The third-order valence-electron chi connectivity index (χ3n) is 3.72. The number of nitrogens with one attached hydrogen (secondary N) is 1. The largest absolute Gasteiger partial charge is 0.454 e. The molecule has 3 rings (SSSR count). The number of fused-ring (bicyclic) bond motifs is 1. The fourth-order valence-electron chi connectivity index (χ4n) is 2.58. The average molecular weight is 290 g/mol. The number of rotatable bonds is 1. The Morgan fingerprint density at radius 1 is 1.00 bits per heavy atom. The van der Waals surface area contributed by atoms with Crippen LogP contribution in [0.4, 0.5) is 5.69 Å². The van der Waals surface area contributed by atoms with E-state index in [1.165, 1.54) is 0 Å². The van der Waals surface area contributed by atoms with Crippen molar-refractivity contribution in [3.63, 3.8) is 0 Å². The van der Waals surface area contributed by atoms with Gasteiger partial charge in [-0.25, -0.2) is 0 Å². The molecule has 0 unspecified atom stereocenters. The van der Waals surface area contributed by atoms with E-state index in [1.807, 2.05) is 0 Å². The third kappa shape index (κ3) is 3.09.